The zero-order valence-corrected chi connectivity index (χ0v) is 13.8. The van der Waals surface area contributed by atoms with Gasteiger partial charge in [-0.2, -0.15) is 0 Å². The van der Waals surface area contributed by atoms with Crippen molar-refractivity contribution < 1.29 is 13.5 Å². The fourth-order valence-electron chi connectivity index (χ4n) is 4.55. The van der Waals surface area contributed by atoms with Crippen LogP contribution in [0.1, 0.15) is 38.5 Å². The van der Waals surface area contributed by atoms with Crippen molar-refractivity contribution in [1.29, 1.82) is 0 Å². The average Bonchev–Trinajstić information content (AvgIpc) is 2.87. The fourth-order valence-corrected chi connectivity index (χ4v) is 5.49. The second-order valence-electron chi connectivity index (χ2n) is 7.31. The van der Waals surface area contributed by atoms with Crippen LogP contribution in [0.4, 0.5) is 0 Å². The maximum Gasteiger partial charge on any atom is 0.211 e. The number of hydrogen-bond acceptors (Lipinski definition) is 4. The summed E-state index contributed by atoms with van der Waals surface area (Å²) in [5.41, 5.74) is -0.200. The van der Waals surface area contributed by atoms with Gasteiger partial charge in [0.1, 0.15) is 0 Å². The summed E-state index contributed by atoms with van der Waals surface area (Å²) < 4.78 is 25.3. The van der Waals surface area contributed by atoms with Crippen molar-refractivity contribution in [2.24, 2.45) is 11.3 Å². The highest BCUT2D eigenvalue weighted by atomic mass is 32.2. The Hall–Kier alpha value is -0.170. The highest BCUT2D eigenvalue weighted by Crippen LogP contribution is 2.44. The molecule has 0 radical (unpaired) electrons. The van der Waals surface area contributed by atoms with Gasteiger partial charge in [0, 0.05) is 31.1 Å². The van der Waals surface area contributed by atoms with Gasteiger partial charge in [0.25, 0.3) is 0 Å². The Bertz CT molecular complexity index is 475. The van der Waals surface area contributed by atoms with E-state index in [4.69, 9.17) is 0 Å². The minimum absolute atomic E-state index is 0.113. The van der Waals surface area contributed by atoms with Crippen LogP contribution >= 0.6 is 0 Å². The van der Waals surface area contributed by atoms with Crippen molar-refractivity contribution in [2.45, 2.75) is 44.6 Å². The number of hydrogen-bond donors (Lipinski definition) is 1. The Labute approximate surface area is 128 Å². The van der Waals surface area contributed by atoms with Crippen molar-refractivity contribution in [3.63, 3.8) is 0 Å². The first-order chi connectivity index (χ1) is 9.94. The van der Waals surface area contributed by atoms with Crippen LogP contribution in [-0.4, -0.2) is 67.8 Å². The van der Waals surface area contributed by atoms with Crippen molar-refractivity contribution in [1.82, 2.24) is 9.21 Å². The van der Waals surface area contributed by atoms with Gasteiger partial charge in [-0.1, -0.05) is 19.3 Å². The maximum atomic E-state index is 11.8. The molecule has 3 fully saturated rings. The fraction of sp³-hybridized carbons (Fsp3) is 1.00. The molecule has 2 atom stereocenters. The van der Waals surface area contributed by atoms with Crippen molar-refractivity contribution in [3.05, 3.63) is 0 Å². The third-order valence-electron chi connectivity index (χ3n) is 6.01. The van der Waals surface area contributed by atoms with Crippen molar-refractivity contribution >= 4 is 10.0 Å². The van der Waals surface area contributed by atoms with Crippen LogP contribution in [-0.2, 0) is 10.0 Å². The molecule has 21 heavy (non-hydrogen) atoms. The summed E-state index contributed by atoms with van der Waals surface area (Å²) in [7, 11) is -3.15. The number of likely N-dealkylation sites (tertiary alicyclic amines) is 1. The Morgan fingerprint density at radius 3 is 2.52 bits per heavy atom. The van der Waals surface area contributed by atoms with Crippen LogP contribution in [0.15, 0.2) is 0 Å². The number of nitrogens with zero attached hydrogens (tertiary/aromatic N) is 2. The van der Waals surface area contributed by atoms with Crippen LogP contribution in [0.25, 0.3) is 0 Å². The molecule has 0 amide bonds. The van der Waals surface area contributed by atoms with E-state index in [2.05, 4.69) is 4.90 Å². The second-order valence-corrected chi connectivity index (χ2v) is 9.29. The number of aliphatic hydroxyl groups excluding tert-OH is 1. The van der Waals surface area contributed by atoms with E-state index in [0.717, 1.165) is 19.5 Å². The summed E-state index contributed by atoms with van der Waals surface area (Å²) in [5, 5.41) is 9.89. The van der Waals surface area contributed by atoms with Crippen LogP contribution in [0.3, 0.4) is 0 Å². The molecule has 3 aliphatic rings. The maximum absolute atomic E-state index is 11.8. The molecule has 2 saturated heterocycles. The van der Waals surface area contributed by atoms with Crippen LogP contribution in [0, 0.1) is 11.3 Å². The number of fused-ring (bicyclic) bond motifs is 1. The second kappa shape index (κ2) is 5.80. The van der Waals surface area contributed by atoms with Gasteiger partial charge in [-0.3, -0.25) is 0 Å². The molecular weight excluding hydrogens is 288 g/mol. The first-order valence-corrected chi connectivity index (χ1v) is 10.1. The molecule has 2 heterocycles. The Morgan fingerprint density at radius 1 is 1.19 bits per heavy atom. The third-order valence-corrected chi connectivity index (χ3v) is 7.22. The summed E-state index contributed by atoms with van der Waals surface area (Å²) in [5.74, 6) is 0.285. The summed E-state index contributed by atoms with van der Waals surface area (Å²) in [6, 6.07) is 0.683. The predicted octanol–water partition coefficient (Wildman–Crippen LogP) is 0.895. The lowest BCUT2D eigenvalue weighted by Crippen LogP contribution is -2.52. The lowest BCUT2D eigenvalue weighted by atomic mass is 9.72. The number of rotatable bonds is 3. The monoisotopic (exact) mass is 316 g/mol. The minimum atomic E-state index is -3.15. The van der Waals surface area contributed by atoms with E-state index < -0.39 is 10.0 Å². The largest absolute Gasteiger partial charge is 0.396 e. The lowest BCUT2D eigenvalue weighted by molar-refractivity contribution is -0.00306. The van der Waals surface area contributed by atoms with E-state index in [1.165, 1.54) is 38.4 Å². The molecule has 0 spiro atoms. The van der Waals surface area contributed by atoms with Gasteiger partial charge in [-0.05, 0) is 31.7 Å². The summed E-state index contributed by atoms with van der Waals surface area (Å²) in [4.78, 5) is 2.57. The van der Waals surface area contributed by atoms with E-state index in [1.807, 2.05) is 0 Å². The van der Waals surface area contributed by atoms with Crippen LogP contribution < -0.4 is 0 Å². The Morgan fingerprint density at radius 2 is 1.90 bits per heavy atom. The van der Waals surface area contributed by atoms with E-state index >= 15 is 0 Å². The third kappa shape index (κ3) is 3.00. The van der Waals surface area contributed by atoms with Gasteiger partial charge >= 0.3 is 0 Å². The van der Waals surface area contributed by atoms with Gasteiger partial charge in [0.15, 0.2) is 0 Å². The Kier molecular flexibility index (Phi) is 4.34. The topological polar surface area (TPSA) is 60.9 Å². The molecule has 3 rings (SSSR count). The molecule has 122 valence electrons. The van der Waals surface area contributed by atoms with Crippen molar-refractivity contribution in [3.8, 4) is 0 Å². The molecule has 0 unspecified atom stereocenters. The first kappa shape index (κ1) is 15.7. The molecule has 1 saturated carbocycles. The van der Waals surface area contributed by atoms with E-state index in [0.29, 0.717) is 19.1 Å². The highest BCUT2D eigenvalue weighted by Gasteiger charge is 2.51. The molecular formula is C15H28N2O3S. The molecule has 1 aliphatic carbocycles. The predicted molar refractivity (Wildman–Crippen MR) is 82.5 cm³/mol. The van der Waals surface area contributed by atoms with Gasteiger partial charge in [0.2, 0.25) is 10.0 Å². The normalized spacial score (nSPS) is 36.8. The van der Waals surface area contributed by atoms with Gasteiger partial charge in [0.05, 0.1) is 12.9 Å². The molecule has 5 nitrogen and oxygen atoms in total. The van der Waals surface area contributed by atoms with Crippen LogP contribution in [0.2, 0.25) is 0 Å². The minimum Gasteiger partial charge on any atom is -0.396 e. The van der Waals surface area contributed by atoms with Gasteiger partial charge in [-0.25, -0.2) is 12.7 Å². The first-order valence-electron chi connectivity index (χ1n) is 8.25. The quantitative estimate of drug-likeness (QED) is 0.840. The van der Waals surface area contributed by atoms with Gasteiger partial charge < -0.3 is 10.0 Å². The summed E-state index contributed by atoms with van der Waals surface area (Å²) in [6.45, 7) is 3.17. The van der Waals surface area contributed by atoms with Crippen LogP contribution in [0.5, 0.6) is 0 Å². The highest BCUT2D eigenvalue weighted by molar-refractivity contribution is 7.88. The zero-order valence-electron chi connectivity index (χ0n) is 13.0. The average molecular weight is 316 g/mol. The van der Waals surface area contributed by atoms with E-state index in [-0.39, 0.29) is 17.9 Å². The molecule has 2 aliphatic heterocycles. The standard InChI is InChI=1S/C15H28N2O3S/c1-21(19,20)17-10-13-9-16(14-5-3-2-4-6-14)8-7-15(13,11-17)12-18/h13-14,18H,2-12H2,1H3/t13-,15+/m1/s1. The van der Waals surface area contributed by atoms with E-state index in [1.54, 1.807) is 4.31 Å². The molecule has 0 aromatic carbocycles. The number of piperidine rings is 1. The molecule has 0 aromatic heterocycles. The number of sulfonamides is 1. The smallest absolute Gasteiger partial charge is 0.211 e. The lowest BCUT2D eigenvalue weighted by Gasteiger charge is -2.46. The molecule has 0 aromatic rings. The summed E-state index contributed by atoms with van der Waals surface area (Å²) >= 11 is 0. The molecule has 6 heteroatoms. The van der Waals surface area contributed by atoms with Crippen molar-refractivity contribution in [2.75, 3.05) is 39.0 Å². The van der Waals surface area contributed by atoms with E-state index in [9.17, 15) is 13.5 Å². The van der Waals surface area contributed by atoms with Gasteiger partial charge in [-0.15, -0.1) is 0 Å². The summed E-state index contributed by atoms with van der Waals surface area (Å²) in [6.07, 6.45) is 8.79. The number of aliphatic hydroxyl groups is 1. The molecule has 0 bridgehead atoms. The molecule has 1 N–H and O–H groups in total. The zero-order chi connectivity index (χ0) is 15.1. The SMILES string of the molecule is CS(=O)(=O)N1C[C@H]2CN(C3CCCCC3)CC[C@@]2(CO)C1. The Balaban J connectivity index is 1.72.